The number of fused-ring (bicyclic) bond motifs is 1. The van der Waals surface area contributed by atoms with Crippen LogP contribution in [0.4, 0.5) is 0 Å². The fourth-order valence-corrected chi connectivity index (χ4v) is 4.07. The van der Waals surface area contributed by atoms with Crippen molar-refractivity contribution in [2.45, 2.75) is 33.2 Å². The number of nitrogens with one attached hydrogen (secondary N) is 1. The smallest absolute Gasteiger partial charge is 0.0926 e. The number of aromatic nitrogens is 2. The maximum atomic E-state index is 4.67. The summed E-state index contributed by atoms with van der Waals surface area (Å²) in [6.07, 6.45) is 2.90. The van der Waals surface area contributed by atoms with Crippen molar-refractivity contribution in [3.63, 3.8) is 0 Å². The number of aromatic amines is 1. The quantitative estimate of drug-likeness (QED) is 0.916. The summed E-state index contributed by atoms with van der Waals surface area (Å²) in [7, 11) is 4.31. The van der Waals surface area contributed by atoms with Gasteiger partial charge in [0, 0.05) is 31.7 Å². The van der Waals surface area contributed by atoms with Gasteiger partial charge in [0.15, 0.2) is 0 Å². The van der Waals surface area contributed by atoms with E-state index in [2.05, 4.69) is 78.9 Å². The minimum absolute atomic E-state index is 0.236. The Labute approximate surface area is 145 Å². The van der Waals surface area contributed by atoms with E-state index in [1.54, 1.807) is 0 Å². The Morgan fingerprint density at radius 1 is 1.25 bits per heavy atom. The lowest BCUT2D eigenvalue weighted by Gasteiger charge is -2.41. The average molecular weight is 326 g/mol. The van der Waals surface area contributed by atoms with E-state index in [1.807, 2.05) is 6.33 Å². The number of H-pyrrole nitrogens is 1. The fourth-order valence-electron chi connectivity index (χ4n) is 4.07. The van der Waals surface area contributed by atoms with Gasteiger partial charge in [0.1, 0.15) is 0 Å². The van der Waals surface area contributed by atoms with E-state index in [0.717, 1.165) is 26.1 Å². The first-order valence-corrected chi connectivity index (χ1v) is 8.83. The number of hydrogen-bond acceptors (Lipinski definition) is 3. The van der Waals surface area contributed by atoms with Gasteiger partial charge in [-0.25, -0.2) is 4.98 Å². The molecular weight excluding hydrogens is 296 g/mol. The second kappa shape index (κ2) is 6.69. The van der Waals surface area contributed by atoms with E-state index >= 15 is 0 Å². The predicted molar refractivity (Wildman–Crippen MR) is 99.2 cm³/mol. The monoisotopic (exact) mass is 326 g/mol. The Hall–Kier alpha value is -1.65. The Morgan fingerprint density at radius 3 is 2.62 bits per heavy atom. The van der Waals surface area contributed by atoms with Gasteiger partial charge in [-0.1, -0.05) is 43.7 Å². The molecule has 0 unspecified atom stereocenters. The molecule has 1 aliphatic rings. The molecule has 3 rings (SSSR count). The molecule has 0 amide bonds. The molecule has 0 fully saturated rings. The molecule has 0 aliphatic carbocycles. The minimum Gasteiger partial charge on any atom is -0.348 e. The second-order valence-electron chi connectivity index (χ2n) is 8.20. The molecular formula is C20H30N4. The highest BCUT2D eigenvalue weighted by Gasteiger charge is 2.34. The van der Waals surface area contributed by atoms with Crippen molar-refractivity contribution < 1.29 is 0 Å². The molecule has 130 valence electrons. The van der Waals surface area contributed by atoms with Crippen molar-refractivity contribution >= 4 is 0 Å². The molecule has 1 aromatic heterocycles. The molecule has 4 heteroatoms. The van der Waals surface area contributed by atoms with Gasteiger partial charge in [0.2, 0.25) is 0 Å². The summed E-state index contributed by atoms with van der Waals surface area (Å²) < 4.78 is 0. The fraction of sp³-hybridized carbons (Fsp3) is 0.550. The zero-order chi connectivity index (χ0) is 17.3. The normalized spacial score (nSPS) is 18.8. The first kappa shape index (κ1) is 17.2. The van der Waals surface area contributed by atoms with Crippen molar-refractivity contribution in [1.29, 1.82) is 0 Å². The molecule has 2 heterocycles. The molecule has 1 N–H and O–H groups in total. The largest absolute Gasteiger partial charge is 0.348 e. The van der Waals surface area contributed by atoms with Gasteiger partial charge >= 0.3 is 0 Å². The number of hydrogen-bond donors (Lipinski definition) is 1. The Balaban J connectivity index is 1.91. The first-order chi connectivity index (χ1) is 11.4. The molecule has 1 atom stereocenters. The van der Waals surface area contributed by atoms with Gasteiger partial charge in [-0.15, -0.1) is 0 Å². The van der Waals surface area contributed by atoms with E-state index in [0.29, 0.717) is 0 Å². The zero-order valence-electron chi connectivity index (χ0n) is 15.6. The van der Waals surface area contributed by atoms with Crippen LogP contribution in [-0.4, -0.2) is 53.5 Å². The Morgan fingerprint density at radius 2 is 1.96 bits per heavy atom. The van der Waals surface area contributed by atoms with E-state index < -0.39 is 0 Å². The lowest BCUT2D eigenvalue weighted by atomic mass is 9.88. The van der Waals surface area contributed by atoms with Gasteiger partial charge in [0.25, 0.3) is 0 Å². The summed E-state index contributed by atoms with van der Waals surface area (Å²) in [5, 5.41) is 0. The van der Waals surface area contributed by atoms with Gasteiger partial charge in [0.05, 0.1) is 18.1 Å². The minimum atomic E-state index is 0.236. The number of aryl methyl sites for hydroxylation is 1. The summed E-state index contributed by atoms with van der Waals surface area (Å²) in [5.74, 6) is 0. The lowest BCUT2D eigenvalue weighted by Crippen LogP contribution is -2.45. The first-order valence-electron chi connectivity index (χ1n) is 8.83. The van der Waals surface area contributed by atoms with E-state index in [4.69, 9.17) is 0 Å². The van der Waals surface area contributed by atoms with Crippen molar-refractivity contribution in [3.05, 3.63) is 53.1 Å². The van der Waals surface area contributed by atoms with Crippen LogP contribution in [0, 0.1) is 12.3 Å². The Kier molecular flexibility index (Phi) is 4.79. The van der Waals surface area contributed by atoms with Crippen LogP contribution in [0.5, 0.6) is 0 Å². The van der Waals surface area contributed by atoms with Crippen molar-refractivity contribution in [2.75, 3.05) is 33.7 Å². The topological polar surface area (TPSA) is 35.2 Å². The molecule has 2 aromatic rings. The van der Waals surface area contributed by atoms with E-state index in [1.165, 1.54) is 22.5 Å². The zero-order valence-corrected chi connectivity index (χ0v) is 15.6. The lowest BCUT2D eigenvalue weighted by molar-refractivity contribution is 0.113. The Bertz CT molecular complexity index is 669. The maximum absolute atomic E-state index is 4.67. The third kappa shape index (κ3) is 3.70. The van der Waals surface area contributed by atoms with Crippen LogP contribution in [0.25, 0.3) is 0 Å². The van der Waals surface area contributed by atoms with Crippen molar-refractivity contribution in [2.24, 2.45) is 5.41 Å². The highest BCUT2D eigenvalue weighted by atomic mass is 15.2. The van der Waals surface area contributed by atoms with Crippen molar-refractivity contribution in [3.8, 4) is 0 Å². The summed E-state index contributed by atoms with van der Waals surface area (Å²) in [6.45, 7) is 10.1. The SMILES string of the molecule is Cc1ccc([C@@H]2c3nc[nH]c3CCN2CC(C)(C)CN(C)C)cc1. The number of benzene rings is 1. The maximum Gasteiger partial charge on any atom is 0.0926 e. The van der Waals surface area contributed by atoms with Gasteiger partial charge in [-0.05, 0) is 32.0 Å². The number of nitrogens with zero attached hydrogens (tertiary/aromatic N) is 3. The molecule has 4 nitrogen and oxygen atoms in total. The van der Waals surface area contributed by atoms with E-state index in [9.17, 15) is 0 Å². The number of rotatable bonds is 5. The molecule has 1 aromatic carbocycles. The molecule has 0 saturated heterocycles. The third-order valence-corrected chi connectivity index (χ3v) is 4.79. The summed E-state index contributed by atoms with van der Waals surface area (Å²) in [6, 6.07) is 9.19. The van der Waals surface area contributed by atoms with Gasteiger partial charge in [-0.3, -0.25) is 4.90 Å². The third-order valence-electron chi connectivity index (χ3n) is 4.79. The summed E-state index contributed by atoms with van der Waals surface area (Å²) >= 11 is 0. The van der Waals surface area contributed by atoms with Gasteiger partial charge in [-0.2, -0.15) is 0 Å². The summed E-state index contributed by atoms with van der Waals surface area (Å²) in [5.41, 5.74) is 5.37. The molecule has 0 radical (unpaired) electrons. The predicted octanol–water partition coefficient (Wildman–Crippen LogP) is 3.25. The van der Waals surface area contributed by atoms with Crippen LogP contribution in [0.2, 0.25) is 0 Å². The standard InChI is InChI=1S/C20H30N4/c1-15-6-8-16(9-7-15)19-18-17(21-14-22-18)10-11-24(19)13-20(2,3)12-23(4)5/h6-9,14,19H,10-13H2,1-5H3,(H,21,22)/t19-/m1/s1. The second-order valence-corrected chi connectivity index (χ2v) is 8.20. The summed E-state index contributed by atoms with van der Waals surface area (Å²) in [4.78, 5) is 12.9. The number of imidazole rings is 1. The van der Waals surface area contributed by atoms with Crippen LogP contribution in [-0.2, 0) is 6.42 Å². The van der Waals surface area contributed by atoms with Gasteiger partial charge < -0.3 is 9.88 Å². The van der Waals surface area contributed by atoms with Crippen LogP contribution in [0.15, 0.2) is 30.6 Å². The molecule has 0 bridgehead atoms. The molecule has 0 saturated carbocycles. The van der Waals surface area contributed by atoms with Crippen LogP contribution in [0.1, 0.15) is 42.4 Å². The van der Waals surface area contributed by atoms with Crippen LogP contribution in [0.3, 0.4) is 0 Å². The highest BCUT2D eigenvalue weighted by Crippen LogP contribution is 2.35. The molecule has 24 heavy (non-hydrogen) atoms. The molecule has 0 spiro atoms. The van der Waals surface area contributed by atoms with E-state index in [-0.39, 0.29) is 11.5 Å². The van der Waals surface area contributed by atoms with Crippen molar-refractivity contribution in [1.82, 2.24) is 19.8 Å². The highest BCUT2D eigenvalue weighted by molar-refractivity contribution is 5.34. The van der Waals surface area contributed by atoms with Crippen LogP contribution < -0.4 is 0 Å². The molecule has 1 aliphatic heterocycles. The average Bonchev–Trinajstić information content (AvgIpc) is 2.95. The van der Waals surface area contributed by atoms with Crippen LogP contribution >= 0.6 is 0 Å².